The number of aliphatic hydroxyl groups is 1. The average Bonchev–Trinajstić information content (AvgIpc) is 2.72. The van der Waals surface area contributed by atoms with Gasteiger partial charge >= 0.3 is 0 Å². The van der Waals surface area contributed by atoms with E-state index >= 15 is 0 Å². The summed E-state index contributed by atoms with van der Waals surface area (Å²) in [5.41, 5.74) is -0.166. The van der Waals surface area contributed by atoms with Crippen LogP contribution in [-0.2, 0) is 14.3 Å². The average molecular weight is 198 g/mol. The maximum absolute atomic E-state index is 11.6. The van der Waals surface area contributed by atoms with Crippen LogP contribution in [0.1, 0.15) is 0 Å². The van der Waals surface area contributed by atoms with Gasteiger partial charge in [-0.25, -0.2) is 0 Å². The fourth-order valence-corrected chi connectivity index (χ4v) is 1.63. The van der Waals surface area contributed by atoms with E-state index in [0.717, 1.165) is 0 Å². The SMILES string of the molecule is CNC(=O)C1=C(O)C2COCN2C1=O. The normalized spacial score (nSPS) is 25.6. The largest absolute Gasteiger partial charge is 0.509 e. The molecule has 1 atom stereocenters. The molecule has 2 rings (SSSR count). The number of carbonyl (C=O) groups is 2. The highest BCUT2D eigenvalue weighted by molar-refractivity contribution is 6.20. The lowest BCUT2D eigenvalue weighted by molar-refractivity contribution is -0.129. The van der Waals surface area contributed by atoms with Crippen molar-refractivity contribution in [3.63, 3.8) is 0 Å². The smallest absolute Gasteiger partial charge is 0.265 e. The van der Waals surface area contributed by atoms with Gasteiger partial charge in [0, 0.05) is 7.05 Å². The molecular weight excluding hydrogens is 188 g/mol. The third-order valence-corrected chi connectivity index (χ3v) is 2.38. The Kier molecular flexibility index (Phi) is 1.92. The molecule has 0 aromatic rings. The van der Waals surface area contributed by atoms with Gasteiger partial charge in [-0.1, -0.05) is 0 Å². The first kappa shape index (κ1) is 9.01. The summed E-state index contributed by atoms with van der Waals surface area (Å²) in [6.07, 6.45) is 0. The van der Waals surface area contributed by atoms with Crippen molar-refractivity contribution in [3.8, 4) is 0 Å². The van der Waals surface area contributed by atoms with Crippen LogP contribution in [0.4, 0.5) is 0 Å². The van der Waals surface area contributed by atoms with Crippen molar-refractivity contribution in [1.82, 2.24) is 10.2 Å². The van der Waals surface area contributed by atoms with Crippen LogP contribution in [0.3, 0.4) is 0 Å². The summed E-state index contributed by atoms with van der Waals surface area (Å²) in [6.45, 7) is 0.381. The lowest BCUT2D eigenvalue weighted by Crippen LogP contribution is -2.33. The maximum Gasteiger partial charge on any atom is 0.265 e. The first-order valence-electron chi connectivity index (χ1n) is 4.20. The minimum Gasteiger partial charge on any atom is -0.509 e. The molecule has 6 nitrogen and oxygen atoms in total. The molecule has 6 heteroatoms. The summed E-state index contributed by atoms with van der Waals surface area (Å²) in [6, 6.07) is -0.477. The van der Waals surface area contributed by atoms with Crippen LogP contribution in [0.5, 0.6) is 0 Å². The number of fused-ring (bicyclic) bond motifs is 1. The number of hydrogen-bond acceptors (Lipinski definition) is 4. The molecule has 76 valence electrons. The molecule has 0 aromatic carbocycles. The third kappa shape index (κ3) is 1.00. The second-order valence-corrected chi connectivity index (χ2v) is 3.13. The Morgan fingerprint density at radius 1 is 1.71 bits per heavy atom. The van der Waals surface area contributed by atoms with Gasteiger partial charge in [-0.15, -0.1) is 0 Å². The van der Waals surface area contributed by atoms with Crippen LogP contribution in [0, 0.1) is 0 Å². The highest BCUT2D eigenvalue weighted by atomic mass is 16.5. The van der Waals surface area contributed by atoms with Crippen molar-refractivity contribution in [2.45, 2.75) is 6.04 Å². The number of likely N-dealkylation sites (N-methyl/N-ethyl adjacent to an activating group) is 1. The van der Waals surface area contributed by atoms with Gasteiger partial charge in [-0.3, -0.25) is 9.59 Å². The van der Waals surface area contributed by atoms with Crippen LogP contribution in [-0.4, -0.2) is 48.2 Å². The summed E-state index contributed by atoms with van der Waals surface area (Å²) in [4.78, 5) is 24.1. The number of carbonyl (C=O) groups excluding carboxylic acids is 2. The van der Waals surface area contributed by atoms with Crippen LogP contribution < -0.4 is 5.32 Å². The fourth-order valence-electron chi connectivity index (χ4n) is 1.63. The molecule has 0 bridgehead atoms. The van der Waals surface area contributed by atoms with Gasteiger partial charge in [0.15, 0.2) is 0 Å². The van der Waals surface area contributed by atoms with Crippen molar-refractivity contribution >= 4 is 11.8 Å². The van der Waals surface area contributed by atoms with Gasteiger partial charge in [0.05, 0.1) is 6.61 Å². The summed E-state index contributed by atoms with van der Waals surface area (Å²) in [7, 11) is 1.41. The van der Waals surface area contributed by atoms with Gasteiger partial charge in [0.2, 0.25) is 0 Å². The molecular formula is C8H10N2O4. The monoisotopic (exact) mass is 198 g/mol. The van der Waals surface area contributed by atoms with Gasteiger partial charge < -0.3 is 20.1 Å². The minimum absolute atomic E-state index is 0.133. The maximum atomic E-state index is 11.6. The third-order valence-electron chi connectivity index (χ3n) is 2.38. The van der Waals surface area contributed by atoms with Crippen LogP contribution in [0.15, 0.2) is 11.3 Å². The summed E-state index contributed by atoms with van der Waals surface area (Å²) in [5, 5.41) is 11.9. The molecule has 0 aliphatic carbocycles. The topological polar surface area (TPSA) is 78.9 Å². The number of ether oxygens (including phenoxy) is 1. The van der Waals surface area contributed by atoms with E-state index in [1.807, 2.05) is 0 Å². The van der Waals surface area contributed by atoms with E-state index in [-0.39, 0.29) is 24.7 Å². The standard InChI is InChI=1S/C8H10N2O4/c1-9-7(12)5-6(11)4-2-14-3-10(4)8(5)13/h4,11H,2-3H2,1H3,(H,9,12). The van der Waals surface area contributed by atoms with Crippen LogP contribution >= 0.6 is 0 Å². The van der Waals surface area contributed by atoms with Gasteiger partial charge in [0.1, 0.15) is 24.1 Å². The lowest BCUT2D eigenvalue weighted by atomic mass is 10.2. The van der Waals surface area contributed by atoms with Crippen molar-refractivity contribution < 1.29 is 19.4 Å². The molecule has 0 radical (unpaired) electrons. The molecule has 1 fully saturated rings. The van der Waals surface area contributed by atoms with Crippen molar-refractivity contribution in [2.75, 3.05) is 20.4 Å². The van der Waals surface area contributed by atoms with E-state index in [4.69, 9.17) is 4.74 Å². The molecule has 2 amide bonds. The van der Waals surface area contributed by atoms with Crippen LogP contribution in [0.25, 0.3) is 0 Å². The van der Waals surface area contributed by atoms with Gasteiger partial charge in [-0.2, -0.15) is 0 Å². The Morgan fingerprint density at radius 2 is 2.43 bits per heavy atom. The highest BCUT2D eigenvalue weighted by Crippen LogP contribution is 2.27. The summed E-state index contributed by atoms with van der Waals surface area (Å²) < 4.78 is 4.99. The summed E-state index contributed by atoms with van der Waals surface area (Å²) in [5.74, 6) is -1.21. The number of rotatable bonds is 1. The molecule has 2 N–H and O–H groups in total. The number of hydrogen-bond donors (Lipinski definition) is 2. The molecule has 1 unspecified atom stereocenters. The molecule has 2 aliphatic rings. The Bertz CT molecular complexity index is 336. The number of nitrogens with one attached hydrogen (secondary N) is 1. The number of nitrogens with zero attached hydrogens (tertiary/aromatic N) is 1. The lowest BCUT2D eigenvalue weighted by Gasteiger charge is -2.11. The van der Waals surface area contributed by atoms with Crippen molar-refractivity contribution in [1.29, 1.82) is 0 Å². The number of amides is 2. The molecule has 14 heavy (non-hydrogen) atoms. The first-order chi connectivity index (χ1) is 6.66. The quantitative estimate of drug-likeness (QED) is 0.516. The summed E-state index contributed by atoms with van der Waals surface area (Å²) >= 11 is 0. The van der Waals surface area contributed by atoms with Crippen molar-refractivity contribution in [2.24, 2.45) is 0 Å². The fraction of sp³-hybridized carbons (Fsp3) is 0.500. The zero-order valence-corrected chi connectivity index (χ0v) is 7.61. The highest BCUT2D eigenvalue weighted by Gasteiger charge is 2.45. The van der Waals surface area contributed by atoms with E-state index in [1.165, 1.54) is 11.9 Å². The zero-order chi connectivity index (χ0) is 10.3. The van der Waals surface area contributed by atoms with Crippen LogP contribution in [0.2, 0.25) is 0 Å². The molecule has 2 heterocycles. The Labute approximate surface area is 80.1 Å². The van der Waals surface area contributed by atoms with E-state index in [1.54, 1.807) is 0 Å². The zero-order valence-electron chi connectivity index (χ0n) is 7.61. The Morgan fingerprint density at radius 3 is 3.00 bits per heavy atom. The van der Waals surface area contributed by atoms with E-state index in [0.29, 0.717) is 0 Å². The molecule has 0 spiro atoms. The molecule has 0 saturated carbocycles. The second-order valence-electron chi connectivity index (χ2n) is 3.13. The van der Waals surface area contributed by atoms with E-state index in [9.17, 15) is 14.7 Å². The van der Waals surface area contributed by atoms with Crippen molar-refractivity contribution in [3.05, 3.63) is 11.3 Å². The van der Waals surface area contributed by atoms with E-state index < -0.39 is 17.9 Å². The molecule has 1 saturated heterocycles. The molecule has 2 aliphatic heterocycles. The van der Waals surface area contributed by atoms with Gasteiger partial charge in [0.25, 0.3) is 11.8 Å². The Hall–Kier alpha value is -1.56. The van der Waals surface area contributed by atoms with E-state index in [2.05, 4.69) is 5.32 Å². The number of aliphatic hydroxyl groups excluding tert-OH is 1. The predicted octanol–water partition coefficient (Wildman–Crippen LogP) is -1.26. The van der Waals surface area contributed by atoms with Gasteiger partial charge in [-0.05, 0) is 0 Å². The second kappa shape index (κ2) is 2.98. The minimum atomic E-state index is -0.554. The molecule has 0 aromatic heterocycles. The predicted molar refractivity (Wildman–Crippen MR) is 45.2 cm³/mol. The Balaban J connectivity index is 2.36. The first-order valence-corrected chi connectivity index (χ1v) is 4.20.